The third-order valence-corrected chi connectivity index (χ3v) is 7.64. The summed E-state index contributed by atoms with van der Waals surface area (Å²) in [4.78, 5) is 13.2. The van der Waals surface area contributed by atoms with Crippen LogP contribution in [0.25, 0.3) is 0 Å². The lowest BCUT2D eigenvalue weighted by atomic mass is 9.62. The molecule has 8 bridgehead atoms. The molecule has 23 heavy (non-hydrogen) atoms. The Morgan fingerprint density at radius 3 is 2.30 bits per heavy atom. The number of carbonyl (C=O) groups excluding carboxylic acids is 1. The first-order valence-electron chi connectivity index (χ1n) is 8.42. The maximum absolute atomic E-state index is 13.2. The number of benzene rings is 1. The highest BCUT2D eigenvalue weighted by atomic mass is 35.5. The smallest absolute Gasteiger partial charge is 0.246 e. The lowest BCUT2D eigenvalue weighted by Gasteiger charge is -2.41. The Hall–Kier alpha value is -1.74. The number of halogens is 1. The molecule has 0 spiro atoms. The second-order valence-corrected chi connectivity index (χ2v) is 8.06. The lowest BCUT2D eigenvalue weighted by molar-refractivity contribution is -0.135. The van der Waals surface area contributed by atoms with Crippen molar-refractivity contribution in [3.63, 3.8) is 0 Å². The maximum Gasteiger partial charge on any atom is 0.246 e. The third kappa shape index (κ3) is 1.16. The van der Waals surface area contributed by atoms with Crippen molar-refractivity contribution >= 4 is 23.2 Å². The van der Waals surface area contributed by atoms with Crippen LogP contribution in [0.4, 0.5) is 5.69 Å². The Morgan fingerprint density at radius 2 is 1.65 bits per heavy atom. The van der Waals surface area contributed by atoms with Crippen molar-refractivity contribution in [2.45, 2.75) is 0 Å². The van der Waals surface area contributed by atoms with E-state index in [0.29, 0.717) is 46.4 Å². The summed E-state index contributed by atoms with van der Waals surface area (Å²) in [6.07, 6.45) is 9.41. The lowest BCUT2D eigenvalue weighted by Crippen LogP contribution is -2.52. The zero-order chi connectivity index (χ0) is 15.3. The van der Waals surface area contributed by atoms with Gasteiger partial charge in [-0.25, -0.2) is 0 Å². The van der Waals surface area contributed by atoms with Crippen molar-refractivity contribution in [3.05, 3.63) is 53.6 Å². The van der Waals surface area contributed by atoms with E-state index in [1.165, 1.54) is 0 Å². The Labute approximate surface area is 139 Å². The van der Waals surface area contributed by atoms with Crippen LogP contribution in [-0.2, 0) is 4.79 Å². The molecule has 4 fully saturated rings. The summed E-state index contributed by atoms with van der Waals surface area (Å²) in [7, 11) is 0. The number of rotatable bonds is 3. The number of carbonyl (C=O) groups is 1. The van der Waals surface area contributed by atoms with Crippen LogP contribution < -0.4 is 10.9 Å². The highest BCUT2D eigenvalue weighted by Gasteiger charge is 2.84. The molecule has 4 saturated carbocycles. The Balaban J connectivity index is 1.34. The van der Waals surface area contributed by atoms with Crippen LogP contribution in [0, 0.1) is 46.8 Å². The number of allylic oxidation sites excluding steroid dienone is 4. The van der Waals surface area contributed by atoms with Gasteiger partial charge in [-0.1, -0.05) is 48.0 Å². The molecule has 0 aliphatic heterocycles. The molecule has 6 aliphatic carbocycles. The molecule has 0 heterocycles. The topological polar surface area (TPSA) is 41.1 Å². The monoisotopic (exact) mass is 324 g/mol. The first kappa shape index (κ1) is 12.7. The molecular weight excluding hydrogens is 308 g/mol. The van der Waals surface area contributed by atoms with Gasteiger partial charge in [-0.15, -0.1) is 0 Å². The van der Waals surface area contributed by atoms with Crippen molar-refractivity contribution in [1.29, 1.82) is 0 Å². The number of para-hydroxylation sites is 1. The highest BCUT2D eigenvalue weighted by molar-refractivity contribution is 6.33. The van der Waals surface area contributed by atoms with Gasteiger partial charge in [-0.05, 0) is 53.6 Å². The molecular formula is C19H17ClN2O. The van der Waals surface area contributed by atoms with E-state index in [0.717, 1.165) is 5.69 Å². The summed E-state index contributed by atoms with van der Waals surface area (Å²) in [5.41, 5.74) is 6.56. The van der Waals surface area contributed by atoms with Crippen molar-refractivity contribution in [2.24, 2.45) is 46.8 Å². The minimum absolute atomic E-state index is 0.156. The number of amides is 1. The van der Waals surface area contributed by atoms with Crippen LogP contribution in [0.2, 0.25) is 5.02 Å². The van der Waals surface area contributed by atoms with Gasteiger partial charge in [-0.3, -0.25) is 15.6 Å². The molecule has 1 aromatic rings. The Bertz CT molecular complexity index is 768. The molecule has 0 saturated heterocycles. The van der Waals surface area contributed by atoms with Crippen LogP contribution in [0.5, 0.6) is 0 Å². The first-order chi connectivity index (χ1) is 11.2. The van der Waals surface area contributed by atoms with Gasteiger partial charge in [-0.2, -0.15) is 0 Å². The van der Waals surface area contributed by atoms with Crippen LogP contribution in [0.15, 0.2) is 48.6 Å². The van der Waals surface area contributed by atoms with Crippen LogP contribution >= 0.6 is 11.6 Å². The number of hydrazine groups is 1. The molecule has 7 rings (SSSR count). The molecule has 6 atom stereocenters. The van der Waals surface area contributed by atoms with E-state index in [-0.39, 0.29) is 11.3 Å². The fourth-order valence-electron chi connectivity index (χ4n) is 6.96. The molecule has 0 radical (unpaired) electrons. The van der Waals surface area contributed by atoms with Crippen molar-refractivity contribution in [1.82, 2.24) is 5.43 Å². The third-order valence-electron chi connectivity index (χ3n) is 7.31. The van der Waals surface area contributed by atoms with E-state index >= 15 is 0 Å². The normalized spacial score (nSPS) is 48.7. The summed E-state index contributed by atoms with van der Waals surface area (Å²) < 4.78 is 0. The van der Waals surface area contributed by atoms with E-state index in [9.17, 15) is 4.79 Å². The molecule has 6 unspecified atom stereocenters. The first-order valence-corrected chi connectivity index (χ1v) is 8.80. The molecule has 1 amide bonds. The average Bonchev–Trinajstić information content (AvgIpc) is 3.33. The molecule has 2 N–H and O–H groups in total. The molecule has 0 aromatic heterocycles. The summed E-state index contributed by atoms with van der Waals surface area (Å²) in [5.74, 6) is 4.19. The second-order valence-electron chi connectivity index (χ2n) is 7.65. The van der Waals surface area contributed by atoms with E-state index < -0.39 is 0 Å². The van der Waals surface area contributed by atoms with Gasteiger partial charge in [0.15, 0.2) is 0 Å². The fraction of sp³-hybridized carbons (Fsp3) is 0.421. The van der Waals surface area contributed by atoms with Gasteiger partial charge in [0.1, 0.15) is 0 Å². The Morgan fingerprint density at radius 1 is 1.00 bits per heavy atom. The number of anilines is 1. The minimum Gasteiger partial charge on any atom is -0.297 e. The average molecular weight is 325 g/mol. The zero-order valence-electron chi connectivity index (χ0n) is 12.4. The molecule has 1 aromatic carbocycles. The van der Waals surface area contributed by atoms with Crippen molar-refractivity contribution in [2.75, 3.05) is 5.43 Å². The van der Waals surface area contributed by atoms with E-state index in [1.54, 1.807) is 0 Å². The van der Waals surface area contributed by atoms with E-state index in [2.05, 4.69) is 35.2 Å². The van der Waals surface area contributed by atoms with Gasteiger partial charge < -0.3 is 0 Å². The summed E-state index contributed by atoms with van der Waals surface area (Å²) >= 11 is 6.17. The largest absolute Gasteiger partial charge is 0.297 e. The quantitative estimate of drug-likeness (QED) is 0.662. The fourth-order valence-corrected chi connectivity index (χ4v) is 7.15. The van der Waals surface area contributed by atoms with Crippen molar-refractivity contribution in [3.8, 4) is 0 Å². The standard InChI is InChI=1S/C19H17ClN2O/c20-13-3-1-2-4-14(13)21-22-18(23)19-11-7-5-9-15(11)16-10(17(9)19)6-8-12(16)19/h1-12,15-17,21H,(H,22,23). The summed E-state index contributed by atoms with van der Waals surface area (Å²) in [5, 5.41) is 0.619. The predicted molar refractivity (Wildman–Crippen MR) is 88.4 cm³/mol. The molecule has 6 aliphatic rings. The maximum atomic E-state index is 13.2. The highest BCUT2D eigenvalue weighted by Crippen LogP contribution is 2.84. The van der Waals surface area contributed by atoms with Gasteiger partial charge in [0.25, 0.3) is 0 Å². The Kier molecular flexibility index (Phi) is 2.11. The second kappa shape index (κ2) is 3.84. The summed E-state index contributed by atoms with van der Waals surface area (Å²) in [6, 6.07) is 7.49. The van der Waals surface area contributed by atoms with Crippen LogP contribution in [-0.4, -0.2) is 5.91 Å². The number of hydrogen-bond donors (Lipinski definition) is 2. The number of hydrogen-bond acceptors (Lipinski definition) is 2. The van der Waals surface area contributed by atoms with Crippen molar-refractivity contribution < 1.29 is 4.79 Å². The molecule has 116 valence electrons. The van der Waals surface area contributed by atoms with Crippen LogP contribution in [0.3, 0.4) is 0 Å². The van der Waals surface area contributed by atoms with E-state index in [1.807, 2.05) is 24.3 Å². The van der Waals surface area contributed by atoms with Crippen LogP contribution in [0.1, 0.15) is 0 Å². The van der Waals surface area contributed by atoms with Gasteiger partial charge in [0.2, 0.25) is 5.91 Å². The minimum atomic E-state index is -0.220. The zero-order valence-corrected chi connectivity index (χ0v) is 13.2. The van der Waals surface area contributed by atoms with Gasteiger partial charge in [0.05, 0.1) is 16.1 Å². The van der Waals surface area contributed by atoms with Gasteiger partial charge >= 0.3 is 0 Å². The van der Waals surface area contributed by atoms with Gasteiger partial charge in [0, 0.05) is 0 Å². The molecule has 3 nitrogen and oxygen atoms in total. The SMILES string of the molecule is O=C(NNc1ccccc1Cl)C12C3C=CC4C3C3C(C=CC31)C42. The number of nitrogens with one attached hydrogen (secondary N) is 2. The predicted octanol–water partition coefficient (Wildman–Crippen LogP) is 3.26. The molecule has 4 heteroatoms. The summed E-state index contributed by atoms with van der Waals surface area (Å²) in [6.45, 7) is 0. The van der Waals surface area contributed by atoms with E-state index in [4.69, 9.17) is 11.6 Å².